The fourth-order valence-corrected chi connectivity index (χ4v) is 8.43. The maximum atomic E-state index is 6.54. The van der Waals surface area contributed by atoms with Gasteiger partial charge in [0.1, 0.15) is 16.7 Å². The largest absolute Gasteiger partial charge is 0.456 e. The number of benzene rings is 9. The number of oxazole rings is 1. The van der Waals surface area contributed by atoms with Gasteiger partial charge in [-0.3, -0.25) is 0 Å². The molecule has 9 aromatic carbocycles. The number of furan rings is 1. The number of rotatable bonds is 6. The molecule has 0 saturated carbocycles. The van der Waals surface area contributed by atoms with Crippen LogP contribution in [0.2, 0.25) is 0 Å². The van der Waals surface area contributed by atoms with Gasteiger partial charge < -0.3 is 8.83 Å². The number of hydrogen-bond acceptors (Lipinski definition) is 6. The molecule has 0 aliphatic carbocycles. The van der Waals surface area contributed by atoms with Crippen molar-refractivity contribution in [1.29, 1.82) is 0 Å². The van der Waals surface area contributed by atoms with Crippen LogP contribution in [0.4, 0.5) is 0 Å². The lowest BCUT2D eigenvalue weighted by Gasteiger charge is -2.11. The second kappa shape index (κ2) is 13.7. The molecule has 0 unspecified atom stereocenters. The monoisotopic (exact) mass is 768 g/mol. The average Bonchev–Trinajstić information content (AvgIpc) is 3.94. The summed E-state index contributed by atoms with van der Waals surface area (Å²) in [6.07, 6.45) is 0. The number of hydrogen-bond donors (Lipinski definition) is 0. The van der Waals surface area contributed by atoms with Crippen molar-refractivity contribution in [2.75, 3.05) is 0 Å². The van der Waals surface area contributed by atoms with Crippen molar-refractivity contribution < 1.29 is 8.83 Å². The molecule has 280 valence electrons. The third kappa shape index (κ3) is 5.73. The molecule has 3 heterocycles. The number of nitrogens with zero attached hydrogens (tertiary/aromatic N) is 4. The molecule has 0 fully saturated rings. The molecule has 0 atom stereocenters. The van der Waals surface area contributed by atoms with Crippen LogP contribution in [0, 0.1) is 0 Å². The van der Waals surface area contributed by atoms with Gasteiger partial charge in [0.15, 0.2) is 23.1 Å². The summed E-state index contributed by atoms with van der Waals surface area (Å²) in [6.45, 7) is 0. The van der Waals surface area contributed by atoms with Crippen LogP contribution >= 0.6 is 0 Å². The first kappa shape index (κ1) is 33.9. The van der Waals surface area contributed by atoms with Crippen molar-refractivity contribution in [3.63, 3.8) is 0 Å². The highest BCUT2D eigenvalue weighted by atomic mass is 16.3. The number of aromatic nitrogens is 4. The molecule has 6 heteroatoms. The zero-order valence-corrected chi connectivity index (χ0v) is 32.1. The Morgan fingerprint density at radius 1 is 0.317 bits per heavy atom. The van der Waals surface area contributed by atoms with E-state index in [2.05, 4.69) is 115 Å². The smallest absolute Gasteiger partial charge is 0.227 e. The first-order chi connectivity index (χ1) is 29.7. The lowest BCUT2D eigenvalue weighted by Crippen LogP contribution is -2.00. The van der Waals surface area contributed by atoms with Crippen molar-refractivity contribution in [2.24, 2.45) is 0 Å². The first-order valence-corrected chi connectivity index (χ1v) is 20.0. The molecular weight excluding hydrogens is 737 g/mol. The van der Waals surface area contributed by atoms with Crippen LogP contribution < -0.4 is 0 Å². The molecule has 0 radical (unpaired) electrons. The lowest BCUT2D eigenvalue weighted by atomic mass is 9.95. The van der Waals surface area contributed by atoms with E-state index in [1.807, 2.05) is 78.9 Å². The summed E-state index contributed by atoms with van der Waals surface area (Å²) in [7, 11) is 0. The molecule has 0 aliphatic rings. The molecule has 0 saturated heterocycles. The van der Waals surface area contributed by atoms with Gasteiger partial charge in [0.05, 0.1) is 0 Å². The molecule has 12 aromatic rings. The van der Waals surface area contributed by atoms with E-state index in [1.54, 1.807) is 0 Å². The van der Waals surface area contributed by atoms with Gasteiger partial charge >= 0.3 is 0 Å². The van der Waals surface area contributed by atoms with Gasteiger partial charge in [0.25, 0.3) is 0 Å². The summed E-state index contributed by atoms with van der Waals surface area (Å²) in [5.41, 5.74) is 11.0. The van der Waals surface area contributed by atoms with E-state index in [9.17, 15) is 0 Å². The predicted octanol–water partition coefficient (Wildman–Crippen LogP) is 14.2. The van der Waals surface area contributed by atoms with Crippen LogP contribution in [0.5, 0.6) is 0 Å². The van der Waals surface area contributed by atoms with E-state index in [1.165, 1.54) is 10.8 Å². The third-order valence-electron chi connectivity index (χ3n) is 11.3. The predicted molar refractivity (Wildman–Crippen MR) is 242 cm³/mol. The van der Waals surface area contributed by atoms with Crippen LogP contribution in [0.3, 0.4) is 0 Å². The standard InChI is InChI=1S/C54H32N4O2/c1-3-13-35(14-4-1)51-56-52(41-20-9-19-38(31-41)39-25-24-33-12-7-8-17-37(33)30-39)58-53(57-51)43-22-11-23-47-49(43)44-32-40(27-29-46(44)59-47)42-21-10-18-34-26-28-45-50(48(34)42)60-54(55-45)36-15-5-2-6-16-36/h1-32H. The second-order valence-electron chi connectivity index (χ2n) is 15.0. The fraction of sp³-hybridized carbons (Fsp3) is 0. The minimum absolute atomic E-state index is 0.565. The SMILES string of the molecule is c1ccc(-c2nc(-c3cccc(-c4ccc5ccccc5c4)c3)nc(-c3cccc4oc5ccc(-c6cccc7ccc8nc(-c9ccccc9)oc8c67)cc5c34)n2)cc1. The van der Waals surface area contributed by atoms with E-state index >= 15 is 0 Å². The Labute approximate surface area is 344 Å². The van der Waals surface area contributed by atoms with Crippen molar-refractivity contribution in [1.82, 2.24) is 19.9 Å². The Morgan fingerprint density at radius 2 is 0.950 bits per heavy atom. The normalized spacial score (nSPS) is 11.7. The molecule has 3 aromatic heterocycles. The van der Waals surface area contributed by atoms with Crippen LogP contribution in [0.25, 0.3) is 122 Å². The van der Waals surface area contributed by atoms with Crippen LogP contribution in [-0.2, 0) is 0 Å². The summed E-state index contributed by atoms with van der Waals surface area (Å²) in [4.78, 5) is 20.3. The van der Waals surface area contributed by atoms with Crippen LogP contribution in [-0.4, -0.2) is 19.9 Å². The van der Waals surface area contributed by atoms with Crippen molar-refractivity contribution >= 4 is 54.6 Å². The molecule has 0 aliphatic heterocycles. The van der Waals surface area contributed by atoms with Crippen molar-refractivity contribution in [2.45, 2.75) is 0 Å². The zero-order chi connectivity index (χ0) is 39.6. The summed E-state index contributed by atoms with van der Waals surface area (Å²) < 4.78 is 13.1. The average molecular weight is 769 g/mol. The second-order valence-corrected chi connectivity index (χ2v) is 15.0. The van der Waals surface area contributed by atoms with Gasteiger partial charge in [0, 0.05) is 38.4 Å². The minimum Gasteiger partial charge on any atom is -0.456 e. The molecule has 12 rings (SSSR count). The van der Waals surface area contributed by atoms with Crippen LogP contribution in [0.15, 0.2) is 203 Å². The summed E-state index contributed by atoms with van der Waals surface area (Å²) in [6, 6.07) is 66.5. The Balaban J connectivity index is 1.03. The van der Waals surface area contributed by atoms with Gasteiger partial charge in [-0.1, -0.05) is 146 Å². The summed E-state index contributed by atoms with van der Waals surface area (Å²) in [5, 5.41) is 6.39. The maximum absolute atomic E-state index is 6.54. The van der Waals surface area contributed by atoms with Crippen LogP contribution in [0.1, 0.15) is 0 Å². The number of fused-ring (bicyclic) bond motifs is 7. The quantitative estimate of drug-likeness (QED) is 0.168. The van der Waals surface area contributed by atoms with Crippen molar-refractivity contribution in [3.8, 4) is 67.9 Å². The van der Waals surface area contributed by atoms with E-state index in [0.717, 1.165) is 88.3 Å². The van der Waals surface area contributed by atoms with E-state index in [0.29, 0.717) is 23.4 Å². The lowest BCUT2D eigenvalue weighted by molar-refractivity contribution is 0.623. The van der Waals surface area contributed by atoms with Gasteiger partial charge in [-0.2, -0.15) is 0 Å². The summed E-state index contributed by atoms with van der Waals surface area (Å²) >= 11 is 0. The molecule has 0 spiro atoms. The van der Waals surface area contributed by atoms with E-state index < -0.39 is 0 Å². The third-order valence-corrected chi connectivity index (χ3v) is 11.3. The Bertz CT molecular complexity index is 3610. The zero-order valence-electron chi connectivity index (χ0n) is 32.1. The Morgan fingerprint density at radius 3 is 1.82 bits per heavy atom. The van der Waals surface area contributed by atoms with E-state index in [4.69, 9.17) is 28.8 Å². The summed E-state index contributed by atoms with van der Waals surface area (Å²) in [5.74, 6) is 2.35. The highest BCUT2D eigenvalue weighted by Crippen LogP contribution is 2.41. The maximum Gasteiger partial charge on any atom is 0.227 e. The topological polar surface area (TPSA) is 77.8 Å². The van der Waals surface area contributed by atoms with E-state index in [-0.39, 0.29) is 0 Å². The molecule has 0 bridgehead atoms. The first-order valence-electron chi connectivity index (χ1n) is 20.0. The van der Waals surface area contributed by atoms with Gasteiger partial charge in [0.2, 0.25) is 5.89 Å². The molecule has 0 N–H and O–H groups in total. The molecule has 6 nitrogen and oxygen atoms in total. The van der Waals surface area contributed by atoms with Crippen molar-refractivity contribution in [3.05, 3.63) is 194 Å². The molecular formula is C54H32N4O2. The fourth-order valence-electron chi connectivity index (χ4n) is 8.43. The Kier molecular flexibility index (Phi) is 7.74. The van der Waals surface area contributed by atoms with Gasteiger partial charge in [-0.05, 0) is 86.9 Å². The van der Waals surface area contributed by atoms with Gasteiger partial charge in [-0.15, -0.1) is 0 Å². The highest BCUT2D eigenvalue weighted by Gasteiger charge is 2.20. The molecule has 0 amide bonds. The highest BCUT2D eigenvalue weighted by molar-refractivity contribution is 6.15. The minimum atomic E-state index is 0.565. The molecule has 60 heavy (non-hydrogen) atoms. The Hall–Kier alpha value is -8.22. The van der Waals surface area contributed by atoms with Gasteiger partial charge in [-0.25, -0.2) is 19.9 Å².